The first-order valence-corrected chi connectivity index (χ1v) is 14.1. The fourth-order valence-electron chi connectivity index (χ4n) is 4.00. The van der Waals surface area contributed by atoms with Gasteiger partial charge in [0, 0.05) is 17.4 Å². The highest BCUT2D eigenvalue weighted by Gasteiger charge is 2.21. The number of hydrogen-bond acceptors (Lipinski definition) is 5. The van der Waals surface area contributed by atoms with Crippen LogP contribution in [0, 0.1) is 17.6 Å². The van der Waals surface area contributed by atoms with Crippen molar-refractivity contribution >= 4 is 33.2 Å². The highest BCUT2D eigenvalue weighted by molar-refractivity contribution is 7.90. The molecule has 0 heterocycles. The number of rotatable bonds is 14. The first-order valence-electron chi connectivity index (χ1n) is 12.2. The number of ether oxygens (including phenoxy) is 1. The second kappa shape index (κ2) is 14.0. The average Bonchev–Trinajstić information content (AvgIpc) is 2.85. The molecule has 0 aliphatic rings. The molecule has 2 rings (SSSR count). The zero-order valence-corrected chi connectivity index (χ0v) is 21.9. The van der Waals surface area contributed by atoms with Crippen molar-refractivity contribution in [2.45, 2.75) is 63.7 Å². The van der Waals surface area contributed by atoms with Crippen LogP contribution in [0.15, 0.2) is 47.4 Å². The molecule has 1 atom stereocenters. The van der Waals surface area contributed by atoms with Gasteiger partial charge in [-0.2, -0.15) is 0 Å². The van der Waals surface area contributed by atoms with E-state index in [4.69, 9.17) is 4.74 Å². The lowest BCUT2D eigenvalue weighted by Crippen LogP contribution is -2.19. The van der Waals surface area contributed by atoms with Crippen molar-refractivity contribution in [3.63, 3.8) is 0 Å². The minimum absolute atomic E-state index is 0.0174. The molecule has 0 aliphatic heterocycles. The second-order valence-electron chi connectivity index (χ2n) is 8.88. The second-order valence-corrected chi connectivity index (χ2v) is 10.9. The van der Waals surface area contributed by atoms with E-state index in [0.717, 1.165) is 50.5 Å². The van der Waals surface area contributed by atoms with Gasteiger partial charge < -0.3 is 4.74 Å². The van der Waals surface area contributed by atoms with E-state index in [1.54, 1.807) is 0 Å². The molecule has 196 valence electrons. The minimum atomic E-state index is -3.45. The Morgan fingerprint density at radius 1 is 0.917 bits per heavy atom. The number of hydrogen-bond donors (Lipinski definition) is 0. The highest BCUT2D eigenvalue weighted by Crippen LogP contribution is 2.28. The third-order valence-electron chi connectivity index (χ3n) is 6.04. The maximum Gasteiger partial charge on any atom is 0.309 e. The fourth-order valence-corrected chi connectivity index (χ4v) is 4.63. The largest absolute Gasteiger partial charge is 0.461 e. The van der Waals surface area contributed by atoms with E-state index in [-0.39, 0.29) is 40.1 Å². The van der Waals surface area contributed by atoms with Gasteiger partial charge in [-0.3, -0.25) is 9.59 Å². The van der Waals surface area contributed by atoms with Crippen molar-refractivity contribution in [2.75, 3.05) is 12.9 Å². The molecule has 0 unspecified atom stereocenters. The first-order chi connectivity index (χ1) is 17.1. The Morgan fingerprint density at radius 3 is 2.14 bits per heavy atom. The maximum absolute atomic E-state index is 13.9. The van der Waals surface area contributed by atoms with Gasteiger partial charge in [0.15, 0.2) is 27.8 Å². The van der Waals surface area contributed by atoms with Crippen molar-refractivity contribution in [1.29, 1.82) is 0 Å². The van der Waals surface area contributed by atoms with E-state index in [1.807, 2.05) is 6.92 Å². The third kappa shape index (κ3) is 8.36. The molecular formula is C28H34F2O5S. The van der Waals surface area contributed by atoms with E-state index in [2.05, 4.69) is 6.92 Å². The molecule has 0 aliphatic carbocycles. The predicted octanol–water partition coefficient (Wildman–Crippen LogP) is 6.41. The van der Waals surface area contributed by atoms with Crippen LogP contribution in [0.1, 0.15) is 69.9 Å². The summed E-state index contributed by atoms with van der Waals surface area (Å²) >= 11 is 0. The minimum Gasteiger partial charge on any atom is -0.461 e. The van der Waals surface area contributed by atoms with Crippen LogP contribution in [0.5, 0.6) is 0 Å². The number of carbonyl (C=O) groups excluding carboxylic acids is 2. The number of aldehydes is 1. The molecule has 8 heteroatoms. The quantitative estimate of drug-likeness (QED) is 0.0946. The van der Waals surface area contributed by atoms with Gasteiger partial charge in [-0.15, -0.1) is 0 Å². The summed E-state index contributed by atoms with van der Waals surface area (Å²) in [7, 11) is -3.45. The molecule has 2 aromatic carbocycles. The number of esters is 1. The summed E-state index contributed by atoms with van der Waals surface area (Å²) in [4.78, 5) is 25.1. The molecule has 2 aromatic rings. The van der Waals surface area contributed by atoms with Gasteiger partial charge in [0.2, 0.25) is 0 Å². The molecule has 5 nitrogen and oxygen atoms in total. The van der Waals surface area contributed by atoms with Crippen LogP contribution >= 0.6 is 0 Å². The Labute approximate surface area is 212 Å². The van der Waals surface area contributed by atoms with Crippen LogP contribution in [0.2, 0.25) is 0 Å². The molecule has 0 saturated heterocycles. The SMILES string of the molecule is CCCCCC[C@@H](CCC)C(=O)OC/C(=C(\C=O)c1ccc(F)c(F)c1)c1ccc(S(C)(=O)=O)cc1. The van der Waals surface area contributed by atoms with Gasteiger partial charge in [-0.25, -0.2) is 17.2 Å². The van der Waals surface area contributed by atoms with E-state index in [9.17, 15) is 26.8 Å². The molecular weight excluding hydrogens is 486 g/mol. The third-order valence-corrected chi connectivity index (χ3v) is 7.17. The lowest BCUT2D eigenvalue weighted by molar-refractivity contribution is -0.147. The number of unbranched alkanes of at least 4 members (excludes halogenated alkanes) is 3. The normalized spacial score (nSPS) is 13.1. The van der Waals surface area contributed by atoms with Crippen LogP contribution in [0.3, 0.4) is 0 Å². The summed E-state index contributed by atoms with van der Waals surface area (Å²) in [5.74, 6) is -2.83. The number of benzene rings is 2. The van der Waals surface area contributed by atoms with Gasteiger partial charge in [-0.1, -0.05) is 64.2 Å². The monoisotopic (exact) mass is 520 g/mol. The van der Waals surface area contributed by atoms with Crippen molar-refractivity contribution in [3.8, 4) is 0 Å². The van der Waals surface area contributed by atoms with E-state index < -0.39 is 21.5 Å². The van der Waals surface area contributed by atoms with Crippen molar-refractivity contribution in [1.82, 2.24) is 0 Å². The van der Waals surface area contributed by atoms with E-state index in [1.165, 1.54) is 30.3 Å². The van der Waals surface area contributed by atoms with E-state index >= 15 is 0 Å². The summed E-state index contributed by atoms with van der Waals surface area (Å²) in [6, 6.07) is 8.84. The van der Waals surface area contributed by atoms with Crippen molar-refractivity contribution in [2.24, 2.45) is 5.92 Å². The zero-order valence-electron chi connectivity index (χ0n) is 21.1. The number of allylic oxidation sites excluding steroid dienone is 1. The Hall–Kier alpha value is -2.87. The van der Waals surface area contributed by atoms with Crippen LogP contribution < -0.4 is 0 Å². The van der Waals surface area contributed by atoms with Gasteiger partial charge in [-0.05, 0) is 48.2 Å². The van der Waals surface area contributed by atoms with Crippen LogP contribution in [-0.2, 0) is 24.2 Å². The molecule has 0 aromatic heterocycles. The molecule has 0 radical (unpaired) electrons. The molecule has 36 heavy (non-hydrogen) atoms. The smallest absolute Gasteiger partial charge is 0.309 e. The number of sulfone groups is 1. The molecule has 0 saturated carbocycles. The lowest BCUT2D eigenvalue weighted by Gasteiger charge is -2.18. The summed E-state index contributed by atoms with van der Waals surface area (Å²) in [6.45, 7) is 3.83. The standard InChI is InChI=1S/C28H34F2O5S/c1-4-6-7-8-10-21(9-5-2)28(32)35-19-25(20-11-14-23(15-12-20)36(3,33)34)24(18-31)22-13-16-26(29)27(30)17-22/h11-18,21H,4-10,19H2,1-3H3/b25-24-/t21-/m1/s1. The van der Waals surface area contributed by atoms with Crippen LogP contribution in [-0.4, -0.2) is 33.5 Å². The van der Waals surface area contributed by atoms with Crippen LogP contribution in [0.4, 0.5) is 8.78 Å². The lowest BCUT2D eigenvalue weighted by atomic mass is 9.95. The van der Waals surface area contributed by atoms with E-state index in [0.29, 0.717) is 24.7 Å². The summed E-state index contributed by atoms with van der Waals surface area (Å²) in [6.07, 6.45) is 7.91. The maximum atomic E-state index is 13.9. The Morgan fingerprint density at radius 2 is 1.58 bits per heavy atom. The van der Waals surface area contributed by atoms with Gasteiger partial charge in [0.05, 0.1) is 10.8 Å². The van der Waals surface area contributed by atoms with Crippen molar-refractivity contribution in [3.05, 3.63) is 65.2 Å². The topological polar surface area (TPSA) is 77.5 Å². The average molecular weight is 521 g/mol. The summed E-state index contributed by atoms with van der Waals surface area (Å²) in [5, 5.41) is 0. The summed E-state index contributed by atoms with van der Waals surface area (Å²) < 4.78 is 56.8. The number of carbonyl (C=O) groups is 2. The molecule has 0 N–H and O–H groups in total. The van der Waals surface area contributed by atoms with Gasteiger partial charge >= 0.3 is 5.97 Å². The highest BCUT2D eigenvalue weighted by atomic mass is 32.2. The Kier molecular flexibility index (Phi) is 11.4. The Bertz CT molecular complexity index is 1170. The first kappa shape index (κ1) is 29.4. The molecule has 0 fully saturated rings. The van der Waals surface area contributed by atoms with Crippen LogP contribution in [0.25, 0.3) is 11.1 Å². The predicted molar refractivity (Wildman–Crippen MR) is 137 cm³/mol. The van der Waals surface area contributed by atoms with Crippen molar-refractivity contribution < 1.29 is 31.5 Å². The van der Waals surface area contributed by atoms with Gasteiger partial charge in [0.25, 0.3) is 0 Å². The molecule has 0 spiro atoms. The van der Waals surface area contributed by atoms with Gasteiger partial charge in [0.1, 0.15) is 6.61 Å². The summed E-state index contributed by atoms with van der Waals surface area (Å²) in [5.41, 5.74) is 0.832. The molecule has 0 amide bonds. The number of halogens is 2. The Balaban J connectivity index is 2.42. The fraction of sp³-hybridized carbons (Fsp3) is 0.429. The molecule has 0 bridgehead atoms. The zero-order chi connectivity index (χ0) is 26.7.